The maximum atomic E-state index is 11.0. The fraction of sp³-hybridized carbons (Fsp3) is 0.217. The Hall–Kier alpha value is -1.34. The van der Waals surface area contributed by atoms with E-state index in [2.05, 4.69) is 117 Å². The van der Waals surface area contributed by atoms with Crippen LogP contribution in [0.15, 0.2) is 91.0 Å². The molecule has 0 radical (unpaired) electrons. The zero-order valence-electron chi connectivity index (χ0n) is 16.9. The second-order valence-corrected chi connectivity index (χ2v) is 17.2. The van der Waals surface area contributed by atoms with Crippen molar-refractivity contribution in [1.29, 1.82) is 0 Å². The molecule has 0 aromatic heterocycles. The van der Waals surface area contributed by atoms with Crippen LogP contribution in [-0.2, 0) is 20.7 Å². The summed E-state index contributed by atoms with van der Waals surface area (Å²) >= 11 is 2.75. The summed E-state index contributed by atoms with van der Waals surface area (Å²) in [5.41, 5.74) is 1.42. The fourth-order valence-corrected chi connectivity index (χ4v) is 10.2. The molecule has 3 aromatic carbocycles. The van der Waals surface area contributed by atoms with Crippen molar-refractivity contribution in [3.63, 3.8) is 0 Å². The van der Waals surface area contributed by atoms with E-state index < -0.39 is 15.0 Å². The van der Waals surface area contributed by atoms with Gasteiger partial charge in [-0.15, -0.1) is 0 Å². The Bertz CT molecular complexity index is 932. The summed E-state index contributed by atoms with van der Waals surface area (Å²) < 4.78 is 34.0. The molecule has 0 fully saturated rings. The summed E-state index contributed by atoms with van der Waals surface area (Å²) in [5.74, 6) is -0.236. The summed E-state index contributed by atoms with van der Waals surface area (Å²) in [6, 6.07) is 32.8. The first-order valence-corrected chi connectivity index (χ1v) is 16.7. The van der Waals surface area contributed by atoms with Gasteiger partial charge in [-0.2, -0.15) is 8.42 Å². The molecule has 0 N–H and O–H groups in total. The predicted molar refractivity (Wildman–Crippen MR) is 136 cm³/mol. The van der Waals surface area contributed by atoms with E-state index in [0.29, 0.717) is 12.8 Å². The maximum absolute atomic E-state index is 11.0. The number of unbranched alkanes of at least 4 members (excludes halogenated alkanes) is 1. The van der Waals surface area contributed by atoms with E-state index in [1.807, 2.05) is 6.92 Å². The Kier molecular flexibility index (Phi) is 10.4. The predicted octanol–water partition coefficient (Wildman–Crippen LogP) is 5.95. The van der Waals surface area contributed by atoms with Crippen LogP contribution >= 0.6 is 26.9 Å². The normalized spacial score (nSPS) is 12.0. The minimum absolute atomic E-state index is 0.236. The van der Waals surface area contributed by atoms with E-state index in [1.54, 1.807) is 0 Å². The molecule has 0 amide bonds. The first-order valence-electron chi connectivity index (χ1n) is 9.78. The van der Waals surface area contributed by atoms with Gasteiger partial charge in [-0.25, -0.2) is 0 Å². The van der Waals surface area contributed by atoms with Gasteiger partial charge in [0.2, 0.25) is 0 Å². The third kappa shape index (κ3) is 7.73. The minimum atomic E-state index is -3.85. The van der Waals surface area contributed by atoms with Crippen LogP contribution in [-0.4, -0.2) is 14.2 Å². The van der Waals surface area contributed by atoms with Crippen molar-refractivity contribution in [2.45, 2.75) is 25.9 Å². The molecule has 0 spiro atoms. The van der Waals surface area contributed by atoms with Crippen LogP contribution in [0.1, 0.15) is 25.3 Å². The molecule has 0 atom stereocenters. The van der Waals surface area contributed by atoms with Crippen molar-refractivity contribution in [3.05, 3.63) is 96.6 Å². The van der Waals surface area contributed by atoms with Crippen molar-refractivity contribution < 1.29 is 17.3 Å². The second-order valence-electron chi connectivity index (χ2n) is 6.87. The third-order valence-corrected chi connectivity index (χ3v) is 13.9. The molecule has 0 saturated heterocycles. The van der Waals surface area contributed by atoms with Crippen LogP contribution in [0.25, 0.3) is 0 Å². The van der Waals surface area contributed by atoms with Gasteiger partial charge in [0, 0.05) is 0 Å². The Morgan fingerprint density at radius 2 is 1.27 bits per heavy atom. The molecule has 0 bridgehead atoms. The van der Waals surface area contributed by atoms with Crippen LogP contribution in [0.3, 0.4) is 0 Å². The zero-order valence-corrected chi connectivity index (χ0v) is 20.9. The van der Waals surface area contributed by atoms with Gasteiger partial charge in [0.25, 0.3) is 10.1 Å². The van der Waals surface area contributed by atoms with Crippen molar-refractivity contribution in [2.24, 2.45) is 0 Å². The van der Waals surface area contributed by atoms with Gasteiger partial charge in [0.05, 0.1) is 5.75 Å². The van der Waals surface area contributed by atoms with Crippen LogP contribution in [0.5, 0.6) is 0 Å². The average molecular weight is 560 g/mol. The topological polar surface area (TPSA) is 43.4 Å². The molecule has 0 aliphatic carbocycles. The van der Waals surface area contributed by atoms with Gasteiger partial charge in [0.1, 0.15) is 0 Å². The van der Waals surface area contributed by atoms with Crippen molar-refractivity contribution in [2.75, 3.05) is 5.75 Å². The van der Waals surface area contributed by atoms with E-state index in [4.69, 9.17) is 0 Å². The first kappa shape index (κ1) is 24.9. The monoisotopic (exact) mass is 560 g/mol. The quantitative estimate of drug-likeness (QED) is 0.253. The Morgan fingerprint density at radius 1 is 0.833 bits per heavy atom. The van der Waals surface area contributed by atoms with Gasteiger partial charge in [0.15, 0.2) is 0 Å². The summed E-state index contributed by atoms with van der Waals surface area (Å²) in [4.78, 5) is -1.77. The number of halogens is 2. The molecule has 0 aliphatic rings. The summed E-state index contributed by atoms with van der Waals surface area (Å²) in [6.45, 7) is 1.81. The van der Waals surface area contributed by atoms with E-state index in [9.17, 15) is 12.9 Å². The fourth-order valence-electron chi connectivity index (χ4n) is 3.01. The second kappa shape index (κ2) is 12.5. The van der Waals surface area contributed by atoms with Crippen LogP contribution in [0.2, 0.25) is 0 Å². The van der Waals surface area contributed by atoms with Crippen LogP contribution < -0.4 is 10.6 Å². The van der Waals surface area contributed by atoms with E-state index in [0.717, 1.165) is 6.16 Å². The number of hydrogen-bond acceptors (Lipinski definition) is 3. The number of benzene rings is 3. The first-order chi connectivity index (χ1) is 14.4. The van der Waals surface area contributed by atoms with Gasteiger partial charge in [-0.05, 0) is 10.9 Å². The molecule has 0 aliphatic heterocycles. The van der Waals surface area contributed by atoms with Gasteiger partial charge >= 0.3 is 140 Å². The molecule has 0 saturated carbocycles. The van der Waals surface area contributed by atoms with E-state index in [-0.39, 0.29) is 5.75 Å². The molecule has 3 nitrogen and oxygen atoms in total. The summed E-state index contributed by atoms with van der Waals surface area (Å²) in [6.07, 6.45) is 2.28. The Morgan fingerprint density at radius 3 is 1.67 bits per heavy atom. The molecular formula is C23H27FIO3PS. The van der Waals surface area contributed by atoms with Gasteiger partial charge in [-0.3, -0.25) is 0 Å². The molecular weight excluding hydrogens is 533 g/mol. The zero-order chi connectivity index (χ0) is 21.9. The average Bonchev–Trinajstić information content (AvgIpc) is 2.80. The van der Waals surface area contributed by atoms with Crippen molar-refractivity contribution in [1.82, 2.24) is 0 Å². The molecule has 3 rings (SSSR count). The summed E-state index contributed by atoms with van der Waals surface area (Å²) in [7, 11) is -3.85. The van der Waals surface area contributed by atoms with Crippen LogP contribution in [0, 0.1) is 0 Å². The molecule has 162 valence electrons. The molecule has 3 aromatic rings. The molecule has 7 heteroatoms. The van der Waals surface area contributed by atoms with Gasteiger partial charge < -0.3 is 0 Å². The SMILES string of the molecule is CCCCS(=O)(=O)OF.I[PH](Cc1ccccc1)(c1ccccc1)c1ccccc1. The molecule has 30 heavy (non-hydrogen) atoms. The Labute approximate surface area is 192 Å². The number of hydrogen-bond donors (Lipinski definition) is 0. The third-order valence-electron chi connectivity index (χ3n) is 4.60. The van der Waals surface area contributed by atoms with Crippen molar-refractivity contribution >= 4 is 47.7 Å². The number of rotatable bonds is 8. The molecule has 0 unspecified atom stereocenters. The summed E-state index contributed by atoms with van der Waals surface area (Å²) in [5, 5.41) is 2.97. The van der Waals surface area contributed by atoms with E-state index >= 15 is 0 Å². The van der Waals surface area contributed by atoms with Crippen molar-refractivity contribution in [3.8, 4) is 0 Å². The molecule has 0 heterocycles. The van der Waals surface area contributed by atoms with Gasteiger partial charge in [-0.1, -0.05) is 17.7 Å². The van der Waals surface area contributed by atoms with E-state index in [1.165, 1.54) is 16.2 Å². The van der Waals surface area contributed by atoms with Crippen LogP contribution in [0.4, 0.5) is 4.53 Å². The Balaban J connectivity index is 0.000000303. The standard InChI is InChI=1S/C19H18IP.C4H9FO3S/c20-21(18-12-6-2-7-13-18,19-14-8-3-9-15-19)16-17-10-4-1-5-11-17;1-2-3-4-9(6,7)8-5/h1-15,21H,16H2;2-4H2,1H3.